The van der Waals surface area contributed by atoms with Crippen molar-refractivity contribution in [2.75, 3.05) is 7.05 Å². The van der Waals surface area contributed by atoms with E-state index in [1.54, 1.807) is 11.3 Å². The second-order valence-electron chi connectivity index (χ2n) is 3.20. The minimum Gasteiger partial charge on any atom is -0.333 e. The maximum absolute atomic E-state index is 4.50. The smallest absolute Gasteiger partial charge is 0.0814 e. The summed E-state index contributed by atoms with van der Waals surface area (Å²) in [5, 5.41) is 0. The summed E-state index contributed by atoms with van der Waals surface area (Å²) in [4.78, 5) is 4.28. The Labute approximate surface area is 88.8 Å². The third kappa shape index (κ3) is 2.11. The minimum atomic E-state index is 0.592. The monoisotopic (exact) mass is 208 g/mol. The molecule has 14 heavy (non-hydrogen) atoms. The summed E-state index contributed by atoms with van der Waals surface area (Å²) in [7, 11) is 1.50. The van der Waals surface area contributed by atoms with Gasteiger partial charge in [0.2, 0.25) is 0 Å². The summed E-state index contributed by atoms with van der Waals surface area (Å²) in [5.74, 6) is 0.592. The molecular weight excluding hydrogens is 192 g/mol. The van der Waals surface area contributed by atoms with Gasteiger partial charge < -0.3 is 5.73 Å². The highest BCUT2D eigenvalue weighted by Gasteiger charge is 2.05. The Bertz CT molecular complexity index is 393. The predicted molar refractivity (Wildman–Crippen MR) is 63.8 cm³/mol. The first-order chi connectivity index (χ1) is 6.79. The summed E-state index contributed by atoms with van der Waals surface area (Å²) in [6.07, 6.45) is 0. The van der Waals surface area contributed by atoms with E-state index < -0.39 is 0 Å². The van der Waals surface area contributed by atoms with Crippen LogP contribution < -0.4 is 5.73 Å². The Hall–Kier alpha value is -0.930. The zero-order chi connectivity index (χ0) is 10.6. The molecule has 0 saturated carbocycles. The third-order valence-corrected chi connectivity index (χ3v) is 2.90. The number of fused-ring (bicyclic) bond motifs is 1. The molecule has 2 N–H and O–H groups in total. The SMILES string of the molecule is CC(C)c1cccc2ncsc12.CN. The number of nitrogens with zero attached hydrogens (tertiary/aromatic N) is 1. The van der Waals surface area contributed by atoms with Gasteiger partial charge in [-0.3, -0.25) is 0 Å². The molecule has 1 aromatic carbocycles. The Morgan fingerprint density at radius 1 is 1.29 bits per heavy atom. The van der Waals surface area contributed by atoms with Gasteiger partial charge in [-0.05, 0) is 24.6 Å². The van der Waals surface area contributed by atoms with E-state index in [9.17, 15) is 0 Å². The fraction of sp³-hybridized carbons (Fsp3) is 0.364. The highest BCUT2D eigenvalue weighted by Crippen LogP contribution is 2.27. The Morgan fingerprint density at radius 2 is 2.00 bits per heavy atom. The van der Waals surface area contributed by atoms with E-state index in [2.05, 4.69) is 42.8 Å². The van der Waals surface area contributed by atoms with E-state index in [1.807, 2.05) is 5.51 Å². The number of thiazole rings is 1. The van der Waals surface area contributed by atoms with Crippen molar-refractivity contribution >= 4 is 21.6 Å². The van der Waals surface area contributed by atoms with Crippen molar-refractivity contribution in [2.45, 2.75) is 19.8 Å². The lowest BCUT2D eigenvalue weighted by molar-refractivity contribution is 0.878. The van der Waals surface area contributed by atoms with Gasteiger partial charge in [-0.15, -0.1) is 11.3 Å². The number of benzene rings is 1. The summed E-state index contributed by atoms with van der Waals surface area (Å²) in [6.45, 7) is 4.43. The molecule has 3 heteroatoms. The number of nitrogens with two attached hydrogens (primary N) is 1. The minimum absolute atomic E-state index is 0.592. The summed E-state index contributed by atoms with van der Waals surface area (Å²) in [6, 6.07) is 6.33. The number of hydrogen-bond acceptors (Lipinski definition) is 3. The predicted octanol–water partition coefficient (Wildman–Crippen LogP) is 2.99. The molecule has 0 aliphatic carbocycles. The lowest BCUT2D eigenvalue weighted by atomic mass is 10.0. The van der Waals surface area contributed by atoms with Gasteiger partial charge in [-0.1, -0.05) is 26.0 Å². The van der Waals surface area contributed by atoms with Crippen LogP contribution >= 0.6 is 11.3 Å². The van der Waals surface area contributed by atoms with Crippen LogP contribution in [-0.2, 0) is 0 Å². The van der Waals surface area contributed by atoms with E-state index in [0.29, 0.717) is 5.92 Å². The van der Waals surface area contributed by atoms with Gasteiger partial charge in [0, 0.05) is 0 Å². The first-order valence-electron chi connectivity index (χ1n) is 4.69. The van der Waals surface area contributed by atoms with Crippen molar-refractivity contribution in [1.82, 2.24) is 4.98 Å². The second-order valence-corrected chi connectivity index (χ2v) is 4.06. The summed E-state index contributed by atoms with van der Waals surface area (Å²) in [5.41, 5.74) is 8.96. The molecule has 1 aromatic heterocycles. The molecule has 0 saturated heterocycles. The van der Waals surface area contributed by atoms with Gasteiger partial charge in [0.15, 0.2) is 0 Å². The first-order valence-corrected chi connectivity index (χ1v) is 5.57. The zero-order valence-corrected chi connectivity index (χ0v) is 9.64. The van der Waals surface area contributed by atoms with Gasteiger partial charge in [-0.25, -0.2) is 4.98 Å². The molecule has 0 aliphatic rings. The van der Waals surface area contributed by atoms with E-state index >= 15 is 0 Å². The molecule has 0 atom stereocenters. The van der Waals surface area contributed by atoms with Crippen molar-refractivity contribution in [3.63, 3.8) is 0 Å². The average Bonchev–Trinajstić information content (AvgIpc) is 2.67. The van der Waals surface area contributed by atoms with Crippen molar-refractivity contribution in [3.05, 3.63) is 29.3 Å². The van der Waals surface area contributed by atoms with Crippen LogP contribution in [0.25, 0.3) is 10.2 Å². The average molecular weight is 208 g/mol. The lowest BCUT2D eigenvalue weighted by Crippen LogP contribution is -1.85. The van der Waals surface area contributed by atoms with Gasteiger partial charge in [0.25, 0.3) is 0 Å². The molecule has 2 rings (SSSR count). The molecule has 1 heterocycles. The number of aromatic nitrogens is 1. The summed E-state index contributed by atoms with van der Waals surface area (Å²) < 4.78 is 1.34. The fourth-order valence-corrected chi connectivity index (χ4v) is 2.32. The van der Waals surface area contributed by atoms with Crippen LogP contribution in [0.1, 0.15) is 25.3 Å². The molecule has 76 valence electrons. The van der Waals surface area contributed by atoms with E-state index in [0.717, 1.165) is 5.52 Å². The Kier molecular flexibility index (Phi) is 4.04. The van der Waals surface area contributed by atoms with Gasteiger partial charge >= 0.3 is 0 Å². The Morgan fingerprint density at radius 3 is 2.64 bits per heavy atom. The highest BCUT2D eigenvalue weighted by molar-refractivity contribution is 7.16. The zero-order valence-electron chi connectivity index (χ0n) is 8.82. The van der Waals surface area contributed by atoms with Crippen molar-refractivity contribution in [2.24, 2.45) is 5.73 Å². The largest absolute Gasteiger partial charge is 0.333 e. The molecule has 2 nitrogen and oxygen atoms in total. The topological polar surface area (TPSA) is 38.9 Å². The van der Waals surface area contributed by atoms with Crippen LogP contribution in [0.4, 0.5) is 0 Å². The van der Waals surface area contributed by atoms with Crippen LogP contribution in [0, 0.1) is 0 Å². The van der Waals surface area contributed by atoms with Crippen LogP contribution in [-0.4, -0.2) is 12.0 Å². The normalized spacial score (nSPS) is 10.1. The third-order valence-electron chi connectivity index (χ3n) is 2.01. The van der Waals surface area contributed by atoms with Crippen LogP contribution in [0.3, 0.4) is 0 Å². The molecule has 0 aliphatic heterocycles. The first kappa shape index (κ1) is 11.1. The fourth-order valence-electron chi connectivity index (χ4n) is 1.36. The van der Waals surface area contributed by atoms with Crippen LogP contribution in [0.15, 0.2) is 23.7 Å². The van der Waals surface area contributed by atoms with E-state index in [-0.39, 0.29) is 0 Å². The number of hydrogen-bond donors (Lipinski definition) is 1. The van der Waals surface area contributed by atoms with Crippen LogP contribution in [0.5, 0.6) is 0 Å². The Balaban J connectivity index is 0.000000461. The highest BCUT2D eigenvalue weighted by atomic mass is 32.1. The van der Waals surface area contributed by atoms with Crippen LogP contribution in [0.2, 0.25) is 0 Å². The molecule has 0 unspecified atom stereocenters. The van der Waals surface area contributed by atoms with Gasteiger partial charge in [0.05, 0.1) is 15.7 Å². The standard InChI is InChI=1S/C10H11NS.CH5N/c1-7(2)8-4-3-5-9-10(8)12-6-11-9;1-2/h3-7H,1-2H3;2H2,1H3. The molecular formula is C11H16N2S. The molecule has 0 radical (unpaired) electrons. The molecule has 0 spiro atoms. The number of rotatable bonds is 1. The lowest BCUT2D eigenvalue weighted by Gasteiger charge is -2.04. The van der Waals surface area contributed by atoms with E-state index in [4.69, 9.17) is 0 Å². The molecule has 0 bridgehead atoms. The van der Waals surface area contributed by atoms with Gasteiger partial charge in [0.1, 0.15) is 0 Å². The maximum atomic E-state index is 4.50. The van der Waals surface area contributed by atoms with Crippen molar-refractivity contribution in [1.29, 1.82) is 0 Å². The molecule has 0 fully saturated rings. The van der Waals surface area contributed by atoms with Crippen molar-refractivity contribution in [3.8, 4) is 0 Å². The maximum Gasteiger partial charge on any atom is 0.0814 e. The summed E-state index contributed by atoms with van der Waals surface area (Å²) >= 11 is 1.73. The van der Waals surface area contributed by atoms with E-state index in [1.165, 1.54) is 17.3 Å². The van der Waals surface area contributed by atoms with Gasteiger partial charge in [-0.2, -0.15) is 0 Å². The molecule has 0 amide bonds. The quantitative estimate of drug-likeness (QED) is 0.782. The molecule has 2 aromatic rings. The van der Waals surface area contributed by atoms with Crippen molar-refractivity contribution < 1.29 is 0 Å². The second kappa shape index (κ2) is 5.08.